The first-order valence-corrected chi connectivity index (χ1v) is 11.1. The van der Waals surface area contributed by atoms with Gasteiger partial charge in [0.1, 0.15) is 11.2 Å². The maximum Gasteiger partial charge on any atom is 0.306 e. The Balaban J connectivity index is 1.70. The largest absolute Gasteiger partial charge is 0.460 e. The molecule has 0 unspecified atom stereocenters. The number of benzene rings is 1. The number of fused-ring (bicyclic) bond motifs is 1. The lowest BCUT2D eigenvalue weighted by Gasteiger charge is -2.19. The van der Waals surface area contributed by atoms with E-state index in [0.29, 0.717) is 23.6 Å². The Labute approximate surface area is 176 Å². The van der Waals surface area contributed by atoms with Crippen LogP contribution in [0, 0.1) is 5.41 Å². The molecular weight excluding hydrogens is 388 g/mol. The predicted molar refractivity (Wildman–Crippen MR) is 118 cm³/mol. The average molecular weight is 419 g/mol. The molecule has 0 bridgehead atoms. The molecule has 1 amide bonds. The van der Waals surface area contributed by atoms with Crippen LogP contribution in [0.5, 0.6) is 0 Å². The molecule has 0 radical (unpaired) electrons. The Morgan fingerprint density at radius 1 is 1.14 bits per heavy atom. The normalized spacial score (nSPS) is 11.4. The fourth-order valence-corrected chi connectivity index (χ4v) is 3.19. The van der Waals surface area contributed by atoms with Crippen molar-refractivity contribution in [3.05, 3.63) is 35.6 Å². The third-order valence-electron chi connectivity index (χ3n) is 4.22. The van der Waals surface area contributed by atoms with Gasteiger partial charge in [-0.25, -0.2) is 0 Å². The number of carbonyl (C=O) groups excluding carboxylic acids is 2. The molecule has 2 rings (SSSR count). The molecule has 2 aromatic rings. The van der Waals surface area contributed by atoms with Gasteiger partial charge in [0.15, 0.2) is 5.76 Å². The molecule has 0 fully saturated rings. The van der Waals surface area contributed by atoms with Crippen molar-refractivity contribution in [2.75, 3.05) is 12.8 Å². The number of thioether (sulfide) groups is 1. The van der Waals surface area contributed by atoms with E-state index in [4.69, 9.17) is 14.6 Å². The van der Waals surface area contributed by atoms with Gasteiger partial charge in [0.2, 0.25) is 0 Å². The highest BCUT2D eigenvalue weighted by atomic mass is 32.2. The summed E-state index contributed by atoms with van der Waals surface area (Å²) in [5, 5.41) is 12.1. The van der Waals surface area contributed by atoms with E-state index < -0.39 is 5.60 Å². The summed E-state index contributed by atoms with van der Waals surface area (Å²) in [6, 6.07) is 7.23. The van der Waals surface area contributed by atoms with Crippen LogP contribution in [0.2, 0.25) is 0 Å². The lowest BCUT2D eigenvalue weighted by Crippen LogP contribution is -2.24. The van der Waals surface area contributed by atoms with Crippen molar-refractivity contribution in [2.24, 2.45) is 0 Å². The van der Waals surface area contributed by atoms with Crippen molar-refractivity contribution in [1.29, 1.82) is 5.41 Å². The number of ether oxygens (including phenoxy) is 1. The monoisotopic (exact) mass is 418 g/mol. The minimum absolute atomic E-state index is 0.161. The van der Waals surface area contributed by atoms with Crippen molar-refractivity contribution in [1.82, 2.24) is 5.32 Å². The number of carbonyl (C=O) groups is 2. The van der Waals surface area contributed by atoms with E-state index in [1.807, 2.05) is 39.2 Å². The van der Waals surface area contributed by atoms with Crippen molar-refractivity contribution >= 4 is 39.7 Å². The molecule has 0 spiro atoms. The number of rotatable bonds is 9. The van der Waals surface area contributed by atoms with Crippen molar-refractivity contribution < 1.29 is 18.7 Å². The second kappa shape index (κ2) is 10.5. The van der Waals surface area contributed by atoms with Gasteiger partial charge in [-0.2, -0.15) is 0 Å². The summed E-state index contributed by atoms with van der Waals surface area (Å²) in [5.74, 6) is -0.124. The van der Waals surface area contributed by atoms with Gasteiger partial charge in [-0.3, -0.25) is 15.0 Å². The summed E-state index contributed by atoms with van der Waals surface area (Å²) in [6.07, 6.45) is 5.77. The number of furan rings is 1. The van der Waals surface area contributed by atoms with Crippen molar-refractivity contribution in [3.8, 4) is 0 Å². The van der Waals surface area contributed by atoms with Crippen LogP contribution in [0.4, 0.5) is 0 Å². The first kappa shape index (κ1) is 23.0. The SMILES string of the molecule is CSC(=N)c1ccc2cc(C(=O)NCCCCCCC(=O)OC(C)(C)C)oc2c1. The summed E-state index contributed by atoms with van der Waals surface area (Å²) >= 11 is 1.36. The van der Waals surface area contributed by atoms with E-state index in [-0.39, 0.29) is 17.6 Å². The summed E-state index contributed by atoms with van der Waals surface area (Å²) in [4.78, 5) is 23.9. The number of unbranched alkanes of at least 4 members (excludes halogenated alkanes) is 3. The van der Waals surface area contributed by atoms with Crippen LogP contribution >= 0.6 is 11.8 Å². The van der Waals surface area contributed by atoms with Gasteiger partial charge in [-0.15, -0.1) is 11.8 Å². The molecule has 0 saturated heterocycles. The lowest BCUT2D eigenvalue weighted by molar-refractivity contribution is -0.154. The molecule has 0 aliphatic carbocycles. The summed E-state index contributed by atoms with van der Waals surface area (Å²) in [5.41, 5.74) is 0.947. The molecule has 29 heavy (non-hydrogen) atoms. The van der Waals surface area contributed by atoms with Crippen LogP contribution in [0.15, 0.2) is 28.7 Å². The predicted octanol–water partition coefficient (Wildman–Crippen LogP) is 5.14. The molecule has 1 aromatic heterocycles. The van der Waals surface area contributed by atoms with Gasteiger partial charge >= 0.3 is 5.97 Å². The molecule has 6 nitrogen and oxygen atoms in total. The molecular formula is C22H30N2O4S. The van der Waals surface area contributed by atoms with Crippen molar-refractivity contribution in [2.45, 2.75) is 58.5 Å². The second-order valence-corrected chi connectivity index (χ2v) is 8.72. The van der Waals surface area contributed by atoms with Gasteiger partial charge in [0.05, 0.1) is 5.04 Å². The fraction of sp³-hybridized carbons (Fsp3) is 0.500. The molecule has 2 N–H and O–H groups in total. The molecule has 0 aliphatic heterocycles. The minimum atomic E-state index is -0.434. The molecule has 1 heterocycles. The first-order chi connectivity index (χ1) is 13.7. The lowest BCUT2D eigenvalue weighted by atomic mass is 10.1. The average Bonchev–Trinajstić information content (AvgIpc) is 3.08. The van der Waals surface area contributed by atoms with Crippen LogP contribution in [0.1, 0.15) is 69.0 Å². The topological polar surface area (TPSA) is 92.4 Å². The van der Waals surface area contributed by atoms with E-state index in [0.717, 1.165) is 36.6 Å². The van der Waals surface area contributed by atoms with E-state index in [1.54, 1.807) is 12.1 Å². The number of esters is 1. The molecule has 0 atom stereocenters. The molecule has 0 saturated carbocycles. The first-order valence-electron chi connectivity index (χ1n) is 9.86. The Kier molecular flexibility index (Phi) is 8.32. The zero-order chi connectivity index (χ0) is 21.4. The minimum Gasteiger partial charge on any atom is -0.460 e. The maximum absolute atomic E-state index is 12.3. The number of hydrogen-bond acceptors (Lipinski definition) is 6. The zero-order valence-corrected chi connectivity index (χ0v) is 18.4. The quantitative estimate of drug-likeness (QED) is 0.254. The van der Waals surface area contributed by atoms with Gasteiger partial charge in [0.25, 0.3) is 5.91 Å². The number of hydrogen-bond donors (Lipinski definition) is 2. The zero-order valence-electron chi connectivity index (χ0n) is 17.6. The van der Waals surface area contributed by atoms with Gasteiger partial charge < -0.3 is 14.5 Å². The molecule has 158 valence electrons. The Hall–Kier alpha value is -2.28. The van der Waals surface area contributed by atoms with Gasteiger partial charge in [-0.05, 0) is 52.0 Å². The van der Waals surface area contributed by atoms with Crippen molar-refractivity contribution in [3.63, 3.8) is 0 Å². The standard InChI is InChI=1S/C22H30N2O4S/c1-22(2,3)28-19(25)9-7-5-6-8-12-24-21(26)18-13-15-10-11-16(20(23)29-4)14-17(15)27-18/h10-11,13-14,23H,5-9,12H2,1-4H3,(H,24,26). The van der Waals surface area contributed by atoms with E-state index in [1.165, 1.54) is 11.8 Å². The Morgan fingerprint density at radius 2 is 1.86 bits per heavy atom. The summed E-state index contributed by atoms with van der Waals surface area (Å²) < 4.78 is 10.9. The highest BCUT2D eigenvalue weighted by Crippen LogP contribution is 2.22. The van der Waals surface area contributed by atoms with Gasteiger partial charge in [-0.1, -0.05) is 25.0 Å². The Bertz CT molecular complexity index is 867. The highest BCUT2D eigenvalue weighted by Gasteiger charge is 2.16. The third-order valence-corrected chi connectivity index (χ3v) is 4.87. The molecule has 7 heteroatoms. The number of amides is 1. The molecule has 1 aromatic carbocycles. The van der Waals surface area contributed by atoms with Crippen LogP contribution in [-0.2, 0) is 9.53 Å². The van der Waals surface area contributed by atoms with Crippen LogP contribution in [-0.4, -0.2) is 35.3 Å². The third kappa shape index (κ3) is 7.57. The molecule has 0 aliphatic rings. The van der Waals surface area contributed by atoms with Crippen LogP contribution in [0.25, 0.3) is 11.0 Å². The van der Waals surface area contributed by atoms with Crippen LogP contribution in [0.3, 0.4) is 0 Å². The van der Waals surface area contributed by atoms with E-state index >= 15 is 0 Å². The van der Waals surface area contributed by atoms with E-state index in [9.17, 15) is 9.59 Å². The highest BCUT2D eigenvalue weighted by molar-refractivity contribution is 8.13. The van der Waals surface area contributed by atoms with E-state index in [2.05, 4.69) is 5.32 Å². The fourth-order valence-electron chi connectivity index (χ4n) is 2.83. The maximum atomic E-state index is 12.3. The smallest absolute Gasteiger partial charge is 0.306 e. The summed E-state index contributed by atoms with van der Waals surface area (Å²) in [7, 11) is 0. The van der Waals surface area contributed by atoms with Crippen LogP contribution < -0.4 is 5.32 Å². The van der Waals surface area contributed by atoms with Gasteiger partial charge in [0, 0.05) is 23.9 Å². The number of nitrogens with one attached hydrogen (secondary N) is 2. The Morgan fingerprint density at radius 3 is 2.55 bits per heavy atom. The second-order valence-electron chi connectivity index (χ2n) is 7.90. The summed E-state index contributed by atoms with van der Waals surface area (Å²) in [6.45, 7) is 6.16.